The van der Waals surface area contributed by atoms with E-state index in [1.807, 2.05) is 17.8 Å². The molecule has 4 aliphatic rings. The summed E-state index contributed by atoms with van der Waals surface area (Å²) in [5, 5.41) is 2.88. The first-order valence-electron chi connectivity index (χ1n) is 10.7. The van der Waals surface area contributed by atoms with Crippen molar-refractivity contribution in [2.75, 3.05) is 40.0 Å². The van der Waals surface area contributed by atoms with Crippen LogP contribution in [-0.2, 0) is 17.7 Å². The maximum Gasteiger partial charge on any atom is 0.160 e. The molecule has 2 aromatic rings. The first-order chi connectivity index (χ1) is 14.8. The van der Waals surface area contributed by atoms with Crippen molar-refractivity contribution in [1.29, 1.82) is 0 Å². The monoisotopic (exact) mass is 422 g/mol. The molecule has 1 aromatic carbocycles. The lowest BCUT2D eigenvalue weighted by Gasteiger charge is -2.32. The number of aliphatic imine (C=N–C) groups is 1. The van der Waals surface area contributed by atoms with Gasteiger partial charge in [-0.2, -0.15) is 0 Å². The van der Waals surface area contributed by atoms with Crippen molar-refractivity contribution in [1.82, 2.24) is 14.8 Å². The van der Waals surface area contributed by atoms with Crippen molar-refractivity contribution in [2.24, 2.45) is 4.99 Å². The van der Waals surface area contributed by atoms with Gasteiger partial charge in [-0.05, 0) is 30.4 Å². The Hall–Kier alpha value is -2.38. The Bertz CT molecular complexity index is 1070. The number of aromatic amines is 1. The van der Waals surface area contributed by atoms with E-state index in [2.05, 4.69) is 45.1 Å². The van der Waals surface area contributed by atoms with Crippen LogP contribution in [0.5, 0.6) is 5.75 Å². The largest absolute Gasteiger partial charge is 0.497 e. The summed E-state index contributed by atoms with van der Waals surface area (Å²) in [6.07, 6.45) is 8.04. The minimum atomic E-state index is 0.234. The Morgan fingerprint density at radius 1 is 1.20 bits per heavy atom. The van der Waals surface area contributed by atoms with Crippen molar-refractivity contribution in [3.8, 4) is 5.75 Å². The summed E-state index contributed by atoms with van der Waals surface area (Å²) in [6.45, 7) is 5.45. The van der Waals surface area contributed by atoms with Gasteiger partial charge in [-0.15, -0.1) is 0 Å². The zero-order valence-electron chi connectivity index (χ0n) is 17.1. The van der Waals surface area contributed by atoms with Gasteiger partial charge in [-0.25, -0.2) is 0 Å². The SMILES string of the molecule is COc1ccc2[nH]c3c(c2c1)CN(C1=CC2N=C(N4CCOCC4)SC2C=C1)CC3. The molecule has 2 atom stereocenters. The first-order valence-corrected chi connectivity index (χ1v) is 11.6. The molecule has 1 fully saturated rings. The van der Waals surface area contributed by atoms with Gasteiger partial charge in [-0.1, -0.05) is 17.8 Å². The minimum absolute atomic E-state index is 0.234. The lowest BCUT2D eigenvalue weighted by Crippen LogP contribution is -2.39. The predicted molar refractivity (Wildman–Crippen MR) is 121 cm³/mol. The number of nitrogens with zero attached hydrogens (tertiary/aromatic N) is 3. The maximum absolute atomic E-state index is 5.49. The molecule has 156 valence electrons. The van der Waals surface area contributed by atoms with Gasteiger partial charge in [0, 0.05) is 60.5 Å². The highest BCUT2D eigenvalue weighted by atomic mass is 32.2. The molecule has 6 rings (SSSR count). The highest BCUT2D eigenvalue weighted by molar-refractivity contribution is 8.14. The van der Waals surface area contributed by atoms with Crippen LogP contribution < -0.4 is 4.74 Å². The third kappa shape index (κ3) is 3.11. The second-order valence-corrected chi connectivity index (χ2v) is 9.35. The summed E-state index contributed by atoms with van der Waals surface area (Å²) >= 11 is 1.90. The molecule has 7 heteroatoms. The second-order valence-electron chi connectivity index (χ2n) is 8.20. The molecule has 30 heavy (non-hydrogen) atoms. The van der Waals surface area contributed by atoms with Crippen LogP contribution in [-0.4, -0.2) is 71.2 Å². The zero-order valence-corrected chi connectivity index (χ0v) is 18.0. The van der Waals surface area contributed by atoms with Crippen LogP contribution in [0.1, 0.15) is 11.3 Å². The molecule has 4 heterocycles. The van der Waals surface area contributed by atoms with Crippen molar-refractivity contribution in [3.63, 3.8) is 0 Å². The molecule has 0 saturated carbocycles. The fourth-order valence-electron chi connectivity index (χ4n) is 4.79. The van der Waals surface area contributed by atoms with Crippen LogP contribution in [0.15, 0.2) is 47.1 Å². The van der Waals surface area contributed by atoms with E-state index < -0.39 is 0 Å². The summed E-state index contributed by atoms with van der Waals surface area (Å²) in [6, 6.07) is 6.54. The van der Waals surface area contributed by atoms with Gasteiger partial charge in [0.15, 0.2) is 5.17 Å². The third-order valence-electron chi connectivity index (χ3n) is 6.46. The third-order valence-corrected chi connectivity index (χ3v) is 7.75. The normalized spacial score (nSPS) is 25.8. The van der Waals surface area contributed by atoms with Gasteiger partial charge in [0.05, 0.1) is 31.6 Å². The van der Waals surface area contributed by atoms with Gasteiger partial charge >= 0.3 is 0 Å². The molecule has 0 radical (unpaired) electrons. The highest BCUT2D eigenvalue weighted by Gasteiger charge is 2.33. The molecule has 2 unspecified atom stereocenters. The smallest absolute Gasteiger partial charge is 0.160 e. The van der Waals surface area contributed by atoms with E-state index in [-0.39, 0.29) is 6.04 Å². The second kappa shape index (κ2) is 7.39. The van der Waals surface area contributed by atoms with E-state index in [1.54, 1.807) is 7.11 Å². The standard InChI is InChI=1S/C23H26N4O2S/c1-28-16-3-4-19-17(13-16)18-14-27(7-6-20(18)24-19)15-2-5-22-21(12-15)25-23(30-22)26-8-10-29-11-9-26/h2-5,12-13,21-22,24H,6-11,14H2,1H3. The van der Waals surface area contributed by atoms with Crippen LogP contribution in [0, 0.1) is 0 Å². The van der Waals surface area contributed by atoms with Gasteiger partial charge in [0.25, 0.3) is 0 Å². The molecule has 3 aliphatic heterocycles. The van der Waals surface area contributed by atoms with E-state index in [1.165, 1.54) is 33.0 Å². The Kier molecular flexibility index (Phi) is 4.53. The number of methoxy groups -OCH3 is 1. The molecule has 0 spiro atoms. The van der Waals surface area contributed by atoms with Crippen molar-refractivity contribution < 1.29 is 9.47 Å². The Morgan fingerprint density at radius 3 is 2.97 bits per heavy atom. The van der Waals surface area contributed by atoms with Crippen LogP contribution in [0.4, 0.5) is 0 Å². The van der Waals surface area contributed by atoms with Crippen molar-refractivity contribution in [3.05, 3.63) is 53.4 Å². The zero-order chi connectivity index (χ0) is 20.1. The number of fused-ring (bicyclic) bond motifs is 4. The van der Waals surface area contributed by atoms with E-state index >= 15 is 0 Å². The minimum Gasteiger partial charge on any atom is -0.497 e. The lowest BCUT2D eigenvalue weighted by molar-refractivity contribution is 0.0693. The summed E-state index contributed by atoms with van der Waals surface area (Å²) < 4.78 is 10.9. The quantitative estimate of drug-likeness (QED) is 0.806. The van der Waals surface area contributed by atoms with Gasteiger partial charge in [0.2, 0.25) is 0 Å². The number of aromatic nitrogens is 1. The summed E-state index contributed by atoms with van der Waals surface area (Å²) in [7, 11) is 1.73. The number of morpholine rings is 1. The molecule has 0 bridgehead atoms. The molecule has 1 aromatic heterocycles. The van der Waals surface area contributed by atoms with E-state index in [9.17, 15) is 0 Å². The van der Waals surface area contributed by atoms with Crippen LogP contribution in [0.2, 0.25) is 0 Å². The van der Waals surface area contributed by atoms with Crippen LogP contribution >= 0.6 is 11.8 Å². The molecule has 0 amide bonds. The molecule has 1 saturated heterocycles. The Balaban J connectivity index is 1.25. The number of thioether (sulfide) groups is 1. The van der Waals surface area contributed by atoms with Crippen LogP contribution in [0.25, 0.3) is 10.9 Å². The molecule has 1 N–H and O–H groups in total. The Morgan fingerprint density at radius 2 is 2.10 bits per heavy atom. The number of benzene rings is 1. The first kappa shape index (κ1) is 18.4. The molecule has 6 nitrogen and oxygen atoms in total. The highest BCUT2D eigenvalue weighted by Crippen LogP contribution is 2.37. The molecule has 1 aliphatic carbocycles. The average Bonchev–Trinajstić information content (AvgIpc) is 3.39. The fourth-order valence-corrected chi connectivity index (χ4v) is 5.99. The fraction of sp³-hybridized carbons (Fsp3) is 0.435. The number of hydrogen-bond acceptors (Lipinski definition) is 6. The number of amidine groups is 1. The van der Waals surface area contributed by atoms with E-state index in [0.29, 0.717) is 5.25 Å². The summed E-state index contributed by atoms with van der Waals surface area (Å²) in [5.41, 5.74) is 5.25. The lowest BCUT2D eigenvalue weighted by atomic mass is 10.0. The summed E-state index contributed by atoms with van der Waals surface area (Å²) in [5.74, 6) is 0.911. The van der Waals surface area contributed by atoms with Crippen molar-refractivity contribution >= 4 is 27.8 Å². The average molecular weight is 423 g/mol. The van der Waals surface area contributed by atoms with Gasteiger partial charge in [0.1, 0.15) is 5.75 Å². The Labute approximate surface area is 180 Å². The number of hydrogen-bond donors (Lipinski definition) is 1. The van der Waals surface area contributed by atoms with Crippen LogP contribution in [0.3, 0.4) is 0 Å². The maximum atomic E-state index is 5.49. The number of H-pyrrole nitrogens is 1. The van der Waals surface area contributed by atoms with Crippen molar-refractivity contribution in [2.45, 2.75) is 24.3 Å². The summed E-state index contributed by atoms with van der Waals surface area (Å²) in [4.78, 5) is 13.5. The van der Waals surface area contributed by atoms with Gasteiger partial charge < -0.3 is 24.3 Å². The van der Waals surface area contributed by atoms with E-state index in [4.69, 9.17) is 14.5 Å². The predicted octanol–water partition coefficient (Wildman–Crippen LogP) is 3.16. The number of rotatable bonds is 2. The number of nitrogens with one attached hydrogen (secondary N) is 1. The van der Waals surface area contributed by atoms with Gasteiger partial charge in [-0.3, -0.25) is 4.99 Å². The molecular weight excluding hydrogens is 396 g/mol. The topological polar surface area (TPSA) is 53.1 Å². The number of ether oxygens (including phenoxy) is 2. The number of allylic oxidation sites excluding steroid dienone is 1. The van der Waals surface area contributed by atoms with E-state index in [0.717, 1.165) is 51.6 Å². The molecular formula is C23H26N4O2S.